The summed E-state index contributed by atoms with van der Waals surface area (Å²) in [6, 6.07) is 58.7. The van der Waals surface area contributed by atoms with Crippen molar-refractivity contribution in [3.63, 3.8) is 0 Å². The fraction of sp³-hybridized carbons (Fsp3) is 0.0417. The maximum absolute atomic E-state index is 2.58. The lowest BCUT2D eigenvalue weighted by Crippen LogP contribution is -2.26. The van der Waals surface area contributed by atoms with Crippen molar-refractivity contribution in [2.75, 3.05) is 4.90 Å². The number of hydrogen-bond acceptors (Lipinski definition) is 3. The van der Waals surface area contributed by atoms with Gasteiger partial charge in [-0.15, -0.1) is 22.7 Å². The summed E-state index contributed by atoms with van der Waals surface area (Å²) < 4.78 is 7.89. The summed E-state index contributed by atoms with van der Waals surface area (Å²) in [5, 5.41) is 6.64. The highest BCUT2D eigenvalue weighted by molar-refractivity contribution is 7.26. The van der Waals surface area contributed by atoms with Crippen LogP contribution in [0.2, 0.25) is 0 Å². The van der Waals surface area contributed by atoms with Crippen molar-refractivity contribution in [1.82, 2.24) is 4.57 Å². The number of thiophene rings is 2. The Hall–Kier alpha value is -5.94. The summed E-state index contributed by atoms with van der Waals surface area (Å²) in [5.41, 5.74) is 11.6. The monoisotopic (exact) mass is 698 g/mol. The van der Waals surface area contributed by atoms with E-state index in [0.29, 0.717) is 0 Å². The van der Waals surface area contributed by atoms with Crippen LogP contribution in [0.3, 0.4) is 0 Å². The van der Waals surface area contributed by atoms with E-state index in [0.717, 1.165) is 0 Å². The van der Waals surface area contributed by atoms with Gasteiger partial charge in [0.15, 0.2) is 0 Å². The fourth-order valence-corrected chi connectivity index (χ4v) is 11.5. The number of nitrogens with zero attached hydrogens (tertiary/aromatic N) is 2. The van der Waals surface area contributed by atoms with Crippen LogP contribution in [-0.4, -0.2) is 4.57 Å². The van der Waals surface area contributed by atoms with Crippen molar-refractivity contribution in [2.45, 2.75) is 12.0 Å². The highest BCUT2D eigenvalue weighted by atomic mass is 32.1. The molecule has 1 aliphatic heterocycles. The van der Waals surface area contributed by atoms with E-state index in [2.05, 4.69) is 179 Å². The van der Waals surface area contributed by atoms with Crippen molar-refractivity contribution < 1.29 is 0 Å². The van der Waals surface area contributed by atoms with Gasteiger partial charge in [0.05, 0.1) is 17.3 Å². The second kappa shape index (κ2) is 10.8. The molecule has 2 aliphatic rings. The molecule has 0 N–H and O–H groups in total. The summed E-state index contributed by atoms with van der Waals surface area (Å²) in [6.07, 6.45) is 4.84. The number of para-hydroxylation sites is 3. The Balaban J connectivity index is 1.13. The molecule has 10 aromatic rings. The Labute approximate surface area is 308 Å². The molecule has 0 bridgehead atoms. The molecular weight excluding hydrogens is 669 g/mol. The molecule has 0 fully saturated rings. The van der Waals surface area contributed by atoms with E-state index in [1.54, 1.807) is 0 Å². The Kier molecular flexibility index (Phi) is 5.96. The van der Waals surface area contributed by atoms with E-state index < -0.39 is 0 Å². The van der Waals surface area contributed by atoms with Gasteiger partial charge in [0.1, 0.15) is 0 Å². The molecule has 0 saturated heterocycles. The van der Waals surface area contributed by atoms with E-state index >= 15 is 0 Å². The van der Waals surface area contributed by atoms with Crippen molar-refractivity contribution in [1.29, 1.82) is 0 Å². The van der Waals surface area contributed by atoms with E-state index in [4.69, 9.17) is 0 Å². The van der Waals surface area contributed by atoms with E-state index in [1.807, 2.05) is 22.7 Å². The molecule has 4 heterocycles. The van der Waals surface area contributed by atoms with Gasteiger partial charge in [0.2, 0.25) is 0 Å². The van der Waals surface area contributed by atoms with Gasteiger partial charge in [0, 0.05) is 74.3 Å². The zero-order valence-electron chi connectivity index (χ0n) is 28.0. The number of fused-ring (bicyclic) bond motifs is 13. The molecule has 0 spiro atoms. The highest BCUT2D eigenvalue weighted by Crippen LogP contribution is 2.57. The number of rotatable bonds is 3. The largest absolute Gasteiger partial charge is 0.331 e. The van der Waals surface area contributed by atoms with Crippen LogP contribution in [0.15, 0.2) is 164 Å². The topological polar surface area (TPSA) is 8.17 Å². The van der Waals surface area contributed by atoms with Crippen LogP contribution in [0.1, 0.15) is 28.8 Å². The maximum atomic E-state index is 2.58. The molecule has 2 unspecified atom stereocenters. The second-order valence-corrected chi connectivity index (χ2v) is 16.2. The molecule has 52 heavy (non-hydrogen) atoms. The third-order valence-electron chi connectivity index (χ3n) is 11.3. The second-order valence-electron chi connectivity index (χ2n) is 14.0. The molecule has 4 heteroatoms. The summed E-state index contributed by atoms with van der Waals surface area (Å²) in [6.45, 7) is 0. The molecule has 0 saturated carbocycles. The van der Waals surface area contributed by atoms with Gasteiger partial charge in [-0.25, -0.2) is 0 Å². The summed E-state index contributed by atoms with van der Waals surface area (Å²) in [7, 11) is 0. The van der Waals surface area contributed by atoms with Crippen LogP contribution in [0.5, 0.6) is 0 Å². The zero-order chi connectivity index (χ0) is 33.9. The average molecular weight is 699 g/mol. The number of anilines is 2. The minimum atomic E-state index is 0.113. The van der Waals surface area contributed by atoms with Crippen LogP contribution >= 0.6 is 22.7 Å². The average Bonchev–Trinajstić information content (AvgIpc) is 3.95. The lowest BCUT2D eigenvalue weighted by Gasteiger charge is -2.33. The molecule has 0 radical (unpaired) electrons. The molecule has 0 amide bonds. The molecule has 1 aliphatic carbocycles. The van der Waals surface area contributed by atoms with Crippen LogP contribution in [0.25, 0.3) is 74.1 Å². The Morgan fingerprint density at radius 2 is 1.13 bits per heavy atom. The molecule has 7 aromatic carbocycles. The summed E-state index contributed by atoms with van der Waals surface area (Å²) in [5.74, 6) is 0.241. The lowest BCUT2D eigenvalue weighted by atomic mass is 9.86. The summed E-state index contributed by atoms with van der Waals surface area (Å²) >= 11 is 3.79. The van der Waals surface area contributed by atoms with Crippen LogP contribution < -0.4 is 4.90 Å². The molecule has 3 aromatic heterocycles. The van der Waals surface area contributed by atoms with Crippen molar-refractivity contribution in [2.24, 2.45) is 0 Å². The summed E-state index contributed by atoms with van der Waals surface area (Å²) in [4.78, 5) is 2.58. The Bertz CT molecular complexity index is 3100. The Morgan fingerprint density at radius 1 is 0.481 bits per heavy atom. The van der Waals surface area contributed by atoms with Gasteiger partial charge >= 0.3 is 0 Å². The van der Waals surface area contributed by atoms with Crippen LogP contribution in [-0.2, 0) is 0 Å². The third kappa shape index (κ3) is 3.88. The molecular formula is C48H30N2S2. The third-order valence-corrected chi connectivity index (χ3v) is 13.6. The van der Waals surface area contributed by atoms with Crippen molar-refractivity contribution in [3.05, 3.63) is 181 Å². The van der Waals surface area contributed by atoms with Crippen LogP contribution in [0, 0.1) is 0 Å². The van der Waals surface area contributed by atoms with Gasteiger partial charge in [-0.3, -0.25) is 0 Å². The first-order chi connectivity index (χ1) is 25.8. The highest BCUT2D eigenvalue weighted by Gasteiger charge is 2.44. The smallest absolute Gasteiger partial charge is 0.0856 e. The number of aromatic nitrogens is 1. The Morgan fingerprint density at radius 3 is 1.96 bits per heavy atom. The predicted octanol–water partition coefficient (Wildman–Crippen LogP) is 14.0. The van der Waals surface area contributed by atoms with E-state index in [1.165, 1.54) is 96.3 Å². The van der Waals surface area contributed by atoms with Crippen molar-refractivity contribution >= 4 is 91.4 Å². The molecule has 2 atom stereocenters. The standard InChI is InChI=1S/C48H30N2S2/c1-2-12-29(13-3-1)49-39-19-7-4-14-31(39)35-25-26-36-32-15-5-8-20-40(32)50(48(36)47(35)49)30-24-27-42-38(28-30)46-34(18-11-23-44(46)52-42)33-17-10-22-43-45(33)37-16-6-9-21-41(37)51-43/h1-28,35,47H. The first-order valence-electron chi connectivity index (χ1n) is 17.9. The minimum absolute atomic E-state index is 0.113. The van der Waals surface area contributed by atoms with Crippen molar-refractivity contribution in [3.8, 4) is 16.8 Å². The van der Waals surface area contributed by atoms with Gasteiger partial charge < -0.3 is 9.47 Å². The lowest BCUT2D eigenvalue weighted by molar-refractivity contribution is 0.636. The first-order valence-corrected chi connectivity index (χ1v) is 19.6. The normalized spacial score (nSPS) is 16.3. The molecule has 12 rings (SSSR count). The maximum Gasteiger partial charge on any atom is 0.0856 e. The predicted molar refractivity (Wildman–Crippen MR) is 224 cm³/mol. The quantitative estimate of drug-likeness (QED) is 0.178. The molecule has 2 nitrogen and oxygen atoms in total. The van der Waals surface area contributed by atoms with E-state index in [-0.39, 0.29) is 12.0 Å². The van der Waals surface area contributed by atoms with Gasteiger partial charge in [-0.2, -0.15) is 0 Å². The van der Waals surface area contributed by atoms with Gasteiger partial charge in [-0.05, 0) is 77.4 Å². The first kappa shape index (κ1) is 28.7. The minimum Gasteiger partial charge on any atom is -0.331 e. The number of hydrogen-bond donors (Lipinski definition) is 0. The van der Waals surface area contributed by atoms with Crippen LogP contribution in [0.4, 0.5) is 11.4 Å². The van der Waals surface area contributed by atoms with Gasteiger partial charge in [-0.1, -0.05) is 109 Å². The number of benzene rings is 7. The molecule has 244 valence electrons. The van der Waals surface area contributed by atoms with E-state index in [9.17, 15) is 0 Å². The zero-order valence-corrected chi connectivity index (χ0v) is 29.7. The fourth-order valence-electron chi connectivity index (χ4n) is 9.27. The SMILES string of the molecule is C1=CC2c3ccccc3N(c3ccccc3)C2c2c1c1ccccc1n2-c1ccc2sc3cccc(-c4cccc5sc6ccccc6c45)c3c2c1. The van der Waals surface area contributed by atoms with Gasteiger partial charge in [0.25, 0.3) is 0 Å².